The molecule has 1 aromatic carbocycles. The van der Waals surface area contributed by atoms with E-state index in [0.717, 1.165) is 10.9 Å². The van der Waals surface area contributed by atoms with Crippen molar-refractivity contribution < 1.29 is 14.7 Å². The van der Waals surface area contributed by atoms with Crippen LogP contribution >= 0.6 is 15.9 Å². The van der Waals surface area contributed by atoms with E-state index in [4.69, 9.17) is 5.73 Å². The van der Waals surface area contributed by atoms with E-state index in [1.54, 1.807) is 12.1 Å². The first kappa shape index (κ1) is 15.8. The molecule has 0 bridgehead atoms. The molecule has 0 radical (unpaired) electrons. The number of carboxylic acid groups (broad SMARTS) is 1. The Balaban J connectivity index is 2.35. The molecule has 1 unspecified atom stereocenters. The third kappa shape index (κ3) is 3.05. The number of nitrogens with zero attached hydrogens (tertiary/aromatic N) is 1. The fourth-order valence-corrected chi connectivity index (χ4v) is 3.37. The fraction of sp³-hybridized carbons (Fsp3) is 0.467. The molecule has 5 nitrogen and oxygen atoms in total. The highest BCUT2D eigenvalue weighted by atomic mass is 79.9. The predicted octanol–water partition coefficient (Wildman–Crippen LogP) is 2.63. The lowest BCUT2D eigenvalue weighted by molar-refractivity contribution is -0.148. The van der Waals surface area contributed by atoms with Crippen LogP contribution in [0.1, 0.15) is 36.5 Å². The molecule has 0 saturated carbocycles. The van der Waals surface area contributed by atoms with Crippen LogP contribution in [0.2, 0.25) is 0 Å². The van der Waals surface area contributed by atoms with Crippen LogP contribution in [0.15, 0.2) is 22.7 Å². The Morgan fingerprint density at radius 3 is 2.76 bits per heavy atom. The Morgan fingerprint density at radius 1 is 1.48 bits per heavy atom. The van der Waals surface area contributed by atoms with Gasteiger partial charge in [-0.1, -0.05) is 29.3 Å². The Bertz CT molecular complexity index is 576. The molecule has 1 heterocycles. The lowest BCUT2D eigenvalue weighted by Gasteiger charge is -2.26. The molecule has 21 heavy (non-hydrogen) atoms. The minimum atomic E-state index is -0.762. The molecular formula is C15H19BrN2O3. The maximum absolute atomic E-state index is 11.6. The van der Waals surface area contributed by atoms with Crippen molar-refractivity contribution in [1.82, 2.24) is 0 Å². The predicted molar refractivity (Wildman–Crippen MR) is 84.5 cm³/mol. The fourth-order valence-electron chi connectivity index (χ4n) is 3.02. The van der Waals surface area contributed by atoms with E-state index in [9.17, 15) is 14.7 Å². The van der Waals surface area contributed by atoms with E-state index in [1.165, 1.54) is 0 Å². The molecule has 1 amide bonds. The van der Waals surface area contributed by atoms with Gasteiger partial charge in [0, 0.05) is 17.6 Å². The quantitative estimate of drug-likeness (QED) is 0.851. The highest BCUT2D eigenvalue weighted by Crippen LogP contribution is 2.39. The molecule has 1 atom stereocenters. The molecule has 6 heteroatoms. The first-order valence-corrected chi connectivity index (χ1v) is 7.76. The number of hydrogen-bond acceptors (Lipinski definition) is 3. The largest absolute Gasteiger partial charge is 0.481 e. The van der Waals surface area contributed by atoms with Crippen LogP contribution in [-0.2, 0) is 4.79 Å². The summed E-state index contributed by atoms with van der Waals surface area (Å²) in [5.41, 5.74) is 5.82. The maximum Gasteiger partial charge on any atom is 0.311 e. The molecule has 1 fully saturated rings. The normalized spacial score (nSPS) is 21.5. The number of nitrogens with two attached hydrogens (primary N) is 1. The Labute approximate surface area is 132 Å². The van der Waals surface area contributed by atoms with E-state index in [1.807, 2.05) is 17.9 Å². The van der Waals surface area contributed by atoms with E-state index in [2.05, 4.69) is 15.9 Å². The number of carbonyl (C=O) groups excluding carboxylic acids is 1. The summed E-state index contributed by atoms with van der Waals surface area (Å²) in [6, 6.07) is 5.25. The van der Waals surface area contributed by atoms with Crippen molar-refractivity contribution in [3.8, 4) is 0 Å². The highest BCUT2D eigenvalue weighted by Gasteiger charge is 2.44. The van der Waals surface area contributed by atoms with Gasteiger partial charge in [0.15, 0.2) is 0 Å². The lowest BCUT2D eigenvalue weighted by atomic mass is 9.83. The summed E-state index contributed by atoms with van der Waals surface area (Å²) >= 11 is 3.39. The van der Waals surface area contributed by atoms with Gasteiger partial charge >= 0.3 is 5.97 Å². The molecule has 0 spiro atoms. The molecule has 2 rings (SSSR count). The number of carbonyl (C=O) groups is 2. The number of halogens is 1. The zero-order chi connectivity index (χ0) is 15.6. The summed E-state index contributed by atoms with van der Waals surface area (Å²) < 4.78 is 0.839. The van der Waals surface area contributed by atoms with Crippen molar-refractivity contribution in [1.29, 1.82) is 0 Å². The average Bonchev–Trinajstić information content (AvgIpc) is 2.84. The third-order valence-corrected chi connectivity index (χ3v) is 4.60. The van der Waals surface area contributed by atoms with E-state index in [0.29, 0.717) is 37.2 Å². The molecule has 114 valence electrons. The molecule has 3 N–H and O–H groups in total. The van der Waals surface area contributed by atoms with Crippen LogP contribution in [0.3, 0.4) is 0 Å². The van der Waals surface area contributed by atoms with Crippen molar-refractivity contribution in [2.45, 2.75) is 26.2 Å². The van der Waals surface area contributed by atoms with E-state index >= 15 is 0 Å². The van der Waals surface area contributed by atoms with Crippen molar-refractivity contribution >= 4 is 33.5 Å². The van der Waals surface area contributed by atoms with Crippen LogP contribution in [0.25, 0.3) is 0 Å². The second kappa shape index (κ2) is 6.05. The highest BCUT2D eigenvalue weighted by molar-refractivity contribution is 9.10. The third-order valence-electron chi connectivity index (χ3n) is 4.10. The van der Waals surface area contributed by atoms with Gasteiger partial charge in [0.2, 0.25) is 0 Å². The Hall–Kier alpha value is -1.56. The standard InChI is InChI=1S/C15H19BrN2O3/c1-2-5-15(14(20)21)6-7-18(9-15)12-8-10(16)3-4-11(12)13(17)19/h3-4,8H,2,5-7,9H2,1H3,(H2,17,19)(H,20,21). The number of anilines is 1. The van der Waals surface area contributed by atoms with Gasteiger partial charge in [-0.3, -0.25) is 9.59 Å². The second-order valence-corrected chi connectivity index (χ2v) is 6.45. The first-order chi connectivity index (χ1) is 9.89. The van der Waals surface area contributed by atoms with Gasteiger partial charge in [-0.2, -0.15) is 0 Å². The number of rotatable bonds is 5. The molecule has 1 aliphatic heterocycles. The minimum absolute atomic E-state index is 0.410. The molecule has 0 aromatic heterocycles. The van der Waals surface area contributed by atoms with Gasteiger partial charge in [0.25, 0.3) is 5.91 Å². The van der Waals surface area contributed by atoms with Crippen LogP contribution in [-0.4, -0.2) is 30.1 Å². The number of primary amides is 1. The molecule has 1 aliphatic rings. The molecule has 0 aliphatic carbocycles. The Kier molecular flexibility index (Phi) is 4.56. The maximum atomic E-state index is 11.6. The summed E-state index contributed by atoms with van der Waals surface area (Å²) in [4.78, 5) is 25.2. The van der Waals surface area contributed by atoms with Gasteiger partial charge in [0.05, 0.1) is 16.7 Å². The minimum Gasteiger partial charge on any atom is -0.481 e. The van der Waals surface area contributed by atoms with Crippen molar-refractivity contribution in [3.63, 3.8) is 0 Å². The van der Waals surface area contributed by atoms with Crippen LogP contribution in [0, 0.1) is 5.41 Å². The lowest BCUT2D eigenvalue weighted by Crippen LogP contribution is -2.35. The average molecular weight is 355 g/mol. The van der Waals surface area contributed by atoms with Crippen LogP contribution in [0.4, 0.5) is 5.69 Å². The zero-order valence-electron chi connectivity index (χ0n) is 11.9. The summed E-state index contributed by atoms with van der Waals surface area (Å²) in [6.07, 6.45) is 2.04. The molecule has 1 aromatic rings. The van der Waals surface area contributed by atoms with Gasteiger partial charge in [-0.15, -0.1) is 0 Å². The molecule has 1 saturated heterocycles. The summed E-state index contributed by atoms with van der Waals surface area (Å²) in [5, 5.41) is 9.57. The smallest absolute Gasteiger partial charge is 0.311 e. The van der Waals surface area contributed by atoms with Crippen LogP contribution < -0.4 is 10.6 Å². The van der Waals surface area contributed by atoms with Crippen molar-refractivity contribution in [2.75, 3.05) is 18.0 Å². The number of aliphatic carboxylic acids is 1. The van der Waals surface area contributed by atoms with Crippen molar-refractivity contribution in [2.24, 2.45) is 11.1 Å². The second-order valence-electron chi connectivity index (χ2n) is 5.53. The Morgan fingerprint density at radius 2 is 2.19 bits per heavy atom. The van der Waals surface area contributed by atoms with Crippen molar-refractivity contribution in [3.05, 3.63) is 28.2 Å². The van der Waals surface area contributed by atoms with E-state index in [-0.39, 0.29) is 0 Å². The number of amides is 1. The van der Waals surface area contributed by atoms with Crippen LogP contribution in [0.5, 0.6) is 0 Å². The first-order valence-electron chi connectivity index (χ1n) is 6.97. The van der Waals surface area contributed by atoms with Gasteiger partial charge in [-0.25, -0.2) is 0 Å². The monoisotopic (exact) mass is 354 g/mol. The summed E-state index contributed by atoms with van der Waals surface area (Å²) in [5.74, 6) is -1.26. The van der Waals surface area contributed by atoms with Gasteiger partial charge in [0.1, 0.15) is 0 Å². The summed E-state index contributed by atoms with van der Waals surface area (Å²) in [7, 11) is 0. The zero-order valence-corrected chi connectivity index (χ0v) is 13.5. The SMILES string of the molecule is CCCC1(C(=O)O)CCN(c2cc(Br)ccc2C(N)=O)C1. The number of hydrogen-bond donors (Lipinski definition) is 2. The number of carboxylic acids is 1. The van der Waals surface area contributed by atoms with E-state index < -0.39 is 17.3 Å². The van der Waals surface area contributed by atoms with Gasteiger partial charge in [-0.05, 0) is 31.0 Å². The van der Waals surface area contributed by atoms with Gasteiger partial charge < -0.3 is 15.7 Å². The number of benzene rings is 1. The topological polar surface area (TPSA) is 83.6 Å². The summed E-state index contributed by atoms with van der Waals surface area (Å²) in [6.45, 7) is 3.01. The molecular weight excluding hydrogens is 336 g/mol.